The summed E-state index contributed by atoms with van der Waals surface area (Å²) in [6.45, 7) is 5.02. The maximum atomic E-state index is 11.7. The van der Waals surface area contributed by atoms with Crippen LogP contribution >= 0.6 is 11.3 Å². The van der Waals surface area contributed by atoms with E-state index in [1.165, 1.54) is 21.9 Å². The number of rotatable bonds is 5. The van der Waals surface area contributed by atoms with Gasteiger partial charge in [0.05, 0.1) is 5.69 Å². The second-order valence-corrected chi connectivity index (χ2v) is 4.49. The van der Waals surface area contributed by atoms with Gasteiger partial charge in [0.25, 0.3) is 5.56 Å². The first-order valence-corrected chi connectivity index (χ1v) is 6.37. The SMILES string of the molecule is CCN(CCN)Cc1cc(=O)n2ncsc2n1. The van der Waals surface area contributed by atoms with Crippen LogP contribution in [-0.2, 0) is 6.54 Å². The fourth-order valence-electron chi connectivity index (χ4n) is 1.64. The van der Waals surface area contributed by atoms with Gasteiger partial charge in [-0.25, -0.2) is 4.98 Å². The highest BCUT2D eigenvalue weighted by Crippen LogP contribution is 2.05. The van der Waals surface area contributed by atoms with Crippen LogP contribution < -0.4 is 11.3 Å². The Labute approximate surface area is 103 Å². The summed E-state index contributed by atoms with van der Waals surface area (Å²) in [6.07, 6.45) is 0. The Hall–Kier alpha value is -1.31. The van der Waals surface area contributed by atoms with E-state index >= 15 is 0 Å². The minimum absolute atomic E-state index is 0.130. The van der Waals surface area contributed by atoms with E-state index in [2.05, 4.69) is 21.9 Å². The maximum Gasteiger partial charge on any atom is 0.275 e. The molecule has 7 heteroatoms. The van der Waals surface area contributed by atoms with Gasteiger partial charge in [-0.2, -0.15) is 9.61 Å². The second kappa shape index (κ2) is 5.35. The Balaban J connectivity index is 2.26. The van der Waals surface area contributed by atoms with Crippen LogP contribution in [0, 0.1) is 0 Å². The average Bonchev–Trinajstić information content (AvgIpc) is 2.77. The summed E-state index contributed by atoms with van der Waals surface area (Å²) in [5.74, 6) is 0. The molecule has 0 aliphatic heterocycles. The normalized spacial score (nSPS) is 11.5. The van der Waals surface area contributed by atoms with Gasteiger partial charge in [0.2, 0.25) is 4.96 Å². The molecular formula is C10H15N5OS. The molecule has 2 heterocycles. The van der Waals surface area contributed by atoms with Crippen molar-refractivity contribution in [1.82, 2.24) is 19.5 Å². The van der Waals surface area contributed by atoms with E-state index in [-0.39, 0.29) is 5.56 Å². The Kier molecular flexibility index (Phi) is 3.82. The van der Waals surface area contributed by atoms with Crippen molar-refractivity contribution in [3.63, 3.8) is 0 Å². The van der Waals surface area contributed by atoms with Crippen LogP contribution in [0.25, 0.3) is 4.96 Å². The number of nitrogens with zero attached hydrogens (tertiary/aromatic N) is 4. The second-order valence-electron chi connectivity index (χ2n) is 3.68. The van der Waals surface area contributed by atoms with Gasteiger partial charge in [-0.1, -0.05) is 18.3 Å². The molecule has 0 aliphatic rings. The van der Waals surface area contributed by atoms with Crippen LogP contribution in [0.1, 0.15) is 12.6 Å². The highest BCUT2D eigenvalue weighted by Gasteiger charge is 2.08. The average molecular weight is 253 g/mol. The molecule has 17 heavy (non-hydrogen) atoms. The van der Waals surface area contributed by atoms with E-state index in [4.69, 9.17) is 5.73 Å². The van der Waals surface area contributed by atoms with Crippen molar-refractivity contribution in [3.8, 4) is 0 Å². The Morgan fingerprint density at radius 2 is 2.41 bits per heavy atom. The number of fused-ring (bicyclic) bond motifs is 1. The molecule has 92 valence electrons. The molecule has 0 spiro atoms. The Morgan fingerprint density at radius 3 is 3.12 bits per heavy atom. The number of likely N-dealkylation sites (N-methyl/N-ethyl adjacent to an activating group) is 1. The van der Waals surface area contributed by atoms with E-state index in [1.807, 2.05) is 0 Å². The van der Waals surface area contributed by atoms with Crippen LogP contribution in [0.3, 0.4) is 0 Å². The van der Waals surface area contributed by atoms with Crippen molar-refractivity contribution in [2.24, 2.45) is 5.73 Å². The molecule has 0 atom stereocenters. The molecule has 0 radical (unpaired) electrons. The zero-order chi connectivity index (χ0) is 12.3. The number of hydrogen-bond donors (Lipinski definition) is 1. The maximum absolute atomic E-state index is 11.7. The summed E-state index contributed by atoms with van der Waals surface area (Å²) in [7, 11) is 0. The van der Waals surface area contributed by atoms with E-state index in [9.17, 15) is 4.79 Å². The van der Waals surface area contributed by atoms with Gasteiger partial charge in [0.15, 0.2) is 0 Å². The lowest BCUT2D eigenvalue weighted by atomic mass is 10.3. The molecule has 0 saturated carbocycles. The van der Waals surface area contributed by atoms with Crippen molar-refractivity contribution in [2.75, 3.05) is 19.6 Å². The monoisotopic (exact) mass is 253 g/mol. The van der Waals surface area contributed by atoms with Gasteiger partial charge in [0, 0.05) is 25.7 Å². The molecule has 0 unspecified atom stereocenters. The van der Waals surface area contributed by atoms with E-state index in [0.717, 1.165) is 18.8 Å². The highest BCUT2D eigenvalue weighted by molar-refractivity contribution is 7.14. The first-order chi connectivity index (χ1) is 8.24. The third kappa shape index (κ3) is 2.68. The van der Waals surface area contributed by atoms with Gasteiger partial charge in [0.1, 0.15) is 5.51 Å². The summed E-state index contributed by atoms with van der Waals surface area (Å²) in [4.78, 5) is 18.9. The zero-order valence-corrected chi connectivity index (χ0v) is 10.5. The van der Waals surface area contributed by atoms with Crippen molar-refractivity contribution >= 4 is 16.3 Å². The fraction of sp³-hybridized carbons (Fsp3) is 0.500. The van der Waals surface area contributed by atoms with E-state index in [1.54, 1.807) is 5.51 Å². The Morgan fingerprint density at radius 1 is 1.59 bits per heavy atom. The van der Waals surface area contributed by atoms with Crippen molar-refractivity contribution in [2.45, 2.75) is 13.5 Å². The predicted molar refractivity (Wildman–Crippen MR) is 67.1 cm³/mol. The fourth-order valence-corrected chi connectivity index (χ4v) is 2.29. The molecule has 0 aliphatic carbocycles. The molecule has 0 bridgehead atoms. The molecule has 6 nitrogen and oxygen atoms in total. The lowest BCUT2D eigenvalue weighted by Gasteiger charge is -2.18. The summed E-state index contributed by atoms with van der Waals surface area (Å²) in [5, 5.41) is 3.92. The Bertz CT molecular complexity index is 549. The molecule has 0 amide bonds. The van der Waals surface area contributed by atoms with Crippen LogP contribution in [-0.4, -0.2) is 39.1 Å². The standard InChI is InChI=1S/C10H15N5OS/c1-2-14(4-3-11)6-8-5-9(16)15-10(13-8)17-7-12-15/h5,7H,2-4,6,11H2,1H3. The molecule has 0 saturated heterocycles. The zero-order valence-electron chi connectivity index (χ0n) is 9.67. The lowest BCUT2D eigenvalue weighted by molar-refractivity contribution is 0.285. The number of aromatic nitrogens is 3. The first-order valence-electron chi connectivity index (χ1n) is 5.49. The van der Waals surface area contributed by atoms with E-state index in [0.29, 0.717) is 18.1 Å². The van der Waals surface area contributed by atoms with Crippen LogP contribution in [0.2, 0.25) is 0 Å². The summed E-state index contributed by atoms with van der Waals surface area (Å²) in [5.41, 5.74) is 7.79. The highest BCUT2D eigenvalue weighted by atomic mass is 32.1. The quantitative estimate of drug-likeness (QED) is 0.807. The smallest absolute Gasteiger partial charge is 0.275 e. The number of nitrogens with two attached hydrogens (primary N) is 1. The topological polar surface area (TPSA) is 76.5 Å². The van der Waals surface area contributed by atoms with Gasteiger partial charge in [-0.3, -0.25) is 9.69 Å². The van der Waals surface area contributed by atoms with Crippen molar-refractivity contribution < 1.29 is 0 Å². The van der Waals surface area contributed by atoms with Crippen molar-refractivity contribution in [3.05, 3.63) is 27.6 Å². The summed E-state index contributed by atoms with van der Waals surface area (Å²) < 4.78 is 1.31. The summed E-state index contributed by atoms with van der Waals surface area (Å²) in [6, 6.07) is 1.53. The largest absolute Gasteiger partial charge is 0.329 e. The van der Waals surface area contributed by atoms with Gasteiger partial charge in [-0.15, -0.1) is 0 Å². The molecule has 2 aromatic rings. The van der Waals surface area contributed by atoms with Crippen LogP contribution in [0.4, 0.5) is 0 Å². The first kappa shape index (κ1) is 12.2. The predicted octanol–water partition coefficient (Wildman–Crippen LogP) is -0.0684. The van der Waals surface area contributed by atoms with Gasteiger partial charge in [-0.05, 0) is 6.54 Å². The van der Waals surface area contributed by atoms with Crippen molar-refractivity contribution in [1.29, 1.82) is 0 Å². The molecule has 0 aromatic carbocycles. The summed E-state index contributed by atoms with van der Waals surface area (Å²) >= 11 is 1.36. The minimum Gasteiger partial charge on any atom is -0.329 e. The molecule has 2 N–H and O–H groups in total. The molecule has 0 fully saturated rings. The van der Waals surface area contributed by atoms with E-state index < -0.39 is 0 Å². The third-order valence-corrected chi connectivity index (χ3v) is 3.19. The molecular weight excluding hydrogens is 238 g/mol. The number of hydrogen-bond acceptors (Lipinski definition) is 6. The lowest BCUT2D eigenvalue weighted by Crippen LogP contribution is -2.30. The molecule has 2 rings (SSSR count). The minimum atomic E-state index is -0.130. The van der Waals surface area contributed by atoms with Crippen LogP contribution in [0.5, 0.6) is 0 Å². The van der Waals surface area contributed by atoms with Gasteiger partial charge >= 0.3 is 0 Å². The third-order valence-electron chi connectivity index (χ3n) is 2.52. The molecule has 2 aromatic heterocycles. The van der Waals surface area contributed by atoms with Crippen LogP contribution in [0.15, 0.2) is 16.4 Å². The van der Waals surface area contributed by atoms with Gasteiger partial charge < -0.3 is 5.73 Å².